The van der Waals surface area contributed by atoms with Gasteiger partial charge in [0.1, 0.15) is 0 Å². The zero-order valence-electron chi connectivity index (χ0n) is 8.03. The van der Waals surface area contributed by atoms with E-state index in [9.17, 15) is 0 Å². The van der Waals surface area contributed by atoms with Gasteiger partial charge in [-0.05, 0) is 0 Å². The van der Waals surface area contributed by atoms with Crippen molar-refractivity contribution >= 4 is 33.5 Å². The molecule has 14 heavy (non-hydrogen) atoms. The van der Waals surface area contributed by atoms with Crippen molar-refractivity contribution in [2.24, 2.45) is 22.2 Å². The Morgan fingerprint density at radius 1 is 1.21 bits per heavy atom. The lowest BCUT2D eigenvalue weighted by molar-refractivity contribution is -0.499. The summed E-state index contributed by atoms with van der Waals surface area (Å²) in [4.78, 5) is 6.80. The Morgan fingerprint density at radius 3 is 2.43 bits per heavy atom. The highest BCUT2D eigenvalue weighted by molar-refractivity contribution is 8.76. The third-order valence-corrected chi connectivity index (χ3v) is 3.48. The van der Waals surface area contributed by atoms with E-state index in [1.807, 2.05) is 0 Å². The van der Waals surface area contributed by atoms with Gasteiger partial charge in [0.15, 0.2) is 5.96 Å². The molecule has 0 saturated heterocycles. The van der Waals surface area contributed by atoms with E-state index in [0.717, 1.165) is 18.1 Å². The average Bonchev–Trinajstić information content (AvgIpc) is 2.08. The molecular weight excluding hydrogens is 220 g/mol. The molecule has 0 spiro atoms. The van der Waals surface area contributed by atoms with Crippen LogP contribution in [0.15, 0.2) is 4.99 Å². The van der Waals surface area contributed by atoms with Crippen LogP contribution in [-0.2, 0) is 0 Å². The zero-order chi connectivity index (χ0) is 10.8. The summed E-state index contributed by atoms with van der Waals surface area (Å²) < 4.78 is 0. The van der Waals surface area contributed by atoms with E-state index in [-0.39, 0.29) is 5.96 Å². The first-order valence-corrected chi connectivity index (χ1v) is 6.60. The number of nitrogens with zero attached hydrogens (tertiary/aromatic N) is 1. The minimum atomic E-state index is 0.150. The van der Waals surface area contributed by atoms with E-state index in [1.165, 1.54) is 0 Å². The van der Waals surface area contributed by atoms with Crippen molar-refractivity contribution in [1.82, 2.24) is 0 Å². The van der Waals surface area contributed by atoms with E-state index in [4.69, 9.17) is 17.2 Å². The summed E-state index contributed by atoms with van der Waals surface area (Å²) >= 11 is 0. The molecule has 0 atom stereocenters. The lowest BCUT2D eigenvalue weighted by Gasteiger charge is -1.96. The Bertz CT molecular complexity index is 174. The molecule has 0 aliphatic carbocycles. The molecule has 0 fully saturated rings. The fourth-order valence-electron chi connectivity index (χ4n) is 0.583. The highest BCUT2D eigenvalue weighted by atomic mass is 33.1. The van der Waals surface area contributed by atoms with Gasteiger partial charge in [0, 0.05) is 11.5 Å². The average molecular weight is 238 g/mol. The van der Waals surface area contributed by atoms with Crippen LogP contribution in [0.4, 0.5) is 0 Å². The summed E-state index contributed by atoms with van der Waals surface area (Å²) in [6, 6.07) is 0. The number of quaternary nitrogens is 1. The Kier molecular flexibility index (Phi) is 8.59. The van der Waals surface area contributed by atoms with E-state index in [2.05, 4.69) is 15.7 Å². The van der Waals surface area contributed by atoms with Crippen LogP contribution in [0.1, 0.15) is 0 Å². The monoisotopic (exact) mass is 238 g/mol. The Hall–Kier alpha value is -0.600. The maximum atomic E-state index is 5.32. The second-order valence-corrected chi connectivity index (χ2v) is 5.10. The van der Waals surface area contributed by atoms with Crippen molar-refractivity contribution in [3.05, 3.63) is 0 Å². The molecule has 0 aromatic rings. The molecule has 6 nitrogen and oxygen atoms in total. The molecule has 0 heterocycles. The molecular formula is C6H18N6S2+2. The first-order valence-electron chi connectivity index (χ1n) is 4.11. The van der Waals surface area contributed by atoms with Gasteiger partial charge in [-0.25, -0.2) is 10.7 Å². The highest BCUT2D eigenvalue weighted by Gasteiger charge is 1.93. The van der Waals surface area contributed by atoms with Crippen molar-refractivity contribution in [2.45, 2.75) is 0 Å². The predicted octanol–water partition coefficient (Wildman–Crippen LogP) is -3.72. The quantitative estimate of drug-likeness (QED) is 0.135. The summed E-state index contributed by atoms with van der Waals surface area (Å²) in [5.74, 6) is 2.54. The zero-order valence-corrected chi connectivity index (χ0v) is 9.66. The third kappa shape index (κ3) is 11.4. The van der Waals surface area contributed by atoms with E-state index >= 15 is 0 Å². The van der Waals surface area contributed by atoms with Crippen LogP contribution in [0.25, 0.3) is 0 Å². The minimum Gasteiger partial charge on any atom is -0.370 e. The standard InChI is InChI=1S/C6H16N6S2/c7-5(8)11-1-3-13-14-4-2-12-6(9)10/h1-4H2,(H4,7,8,11)(H4,9,10,12)/p+2. The molecule has 0 aromatic heterocycles. The molecule has 0 aromatic carbocycles. The first kappa shape index (κ1) is 13.4. The molecule has 0 aliphatic rings. The molecule has 0 saturated carbocycles. The van der Waals surface area contributed by atoms with E-state index < -0.39 is 0 Å². The molecule has 0 bridgehead atoms. The van der Waals surface area contributed by atoms with Crippen molar-refractivity contribution in [3.63, 3.8) is 0 Å². The second kappa shape index (κ2) is 8.97. The van der Waals surface area contributed by atoms with Gasteiger partial charge in [-0.15, -0.1) is 0 Å². The summed E-state index contributed by atoms with van der Waals surface area (Å²) in [6.45, 7) is 1.49. The molecule has 0 radical (unpaired) electrons. The van der Waals surface area contributed by atoms with Crippen LogP contribution in [0, 0.1) is 0 Å². The number of hydrogen-bond acceptors (Lipinski definition) is 3. The SMILES string of the molecule is NC(N)=NCCSSCC[NH+]=C(N)[NH3+]. The van der Waals surface area contributed by atoms with Crippen LogP contribution in [0.5, 0.6) is 0 Å². The molecule has 0 amide bonds. The summed E-state index contributed by atoms with van der Waals surface area (Å²) in [7, 11) is 3.49. The lowest BCUT2D eigenvalue weighted by Crippen LogP contribution is -2.89. The maximum absolute atomic E-state index is 5.32. The smallest absolute Gasteiger partial charge is 0.370 e. The van der Waals surface area contributed by atoms with Gasteiger partial charge in [0.2, 0.25) is 0 Å². The molecule has 82 valence electrons. The molecule has 10 N–H and O–H groups in total. The number of nitrogens with two attached hydrogens (primary N) is 3. The van der Waals surface area contributed by atoms with Crippen molar-refractivity contribution in [2.75, 3.05) is 24.6 Å². The number of aliphatic imine (C=N–C) groups is 1. The van der Waals surface area contributed by atoms with Crippen LogP contribution >= 0.6 is 21.6 Å². The van der Waals surface area contributed by atoms with Gasteiger partial charge in [0.05, 0.1) is 13.1 Å². The number of rotatable bonds is 7. The van der Waals surface area contributed by atoms with E-state index in [0.29, 0.717) is 12.5 Å². The van der Waals surface area contributed by atoms with Crippen LogP contribution < -0.4 is 27.9 Å². The normalized spacial score (nSPS) is 11.4. The summed E-state index contributed by atoms with van der Waals surface area (Å²) in [5, 5.41) is 0. The van der Waals surface area contributed by atoms with Gasteiger partial charge >= 0.3 is 5.96 Å². The molecule has 0 aliphatic heterocycles. The molecule has 0 rings (SSSR count). The topological polar surface area (TPSA) is 132 Å². The summed E-state index contributed by atoms with van der Waals surface area (Å²) in [5.41, 5.74) is 19.2. The van der Waals surface area contributed by atoms with Crippen LogP contribution in [0.3, 0.4) is 0 Å². The van der Waals surface area contributed by atoms with Crippen LogP contribution in [0.2, 0.25) is 0 Å². The van der Waals surface area contributed by atoms with Crippen molar-refractivity contribution in [3.8, 4) is 0 Å². The van der Waals surface area contributed by atoms with Crippen molar-refractivity contribution < 1.29 is 10.7 Å². The van der Waals surface area contributed by atoms with Crippen LogP contribution in [-0.4, -0.2) is 36.5 Å². The Labute approximate surface area is 91.4 Å². The van der Waals surface area contributed by atoms with Gasteiger partial charge < -0.3 is 11.5 Å². The fourth-order valence-corrected chi connectivity index (χ4v) is 2.35. The number of nitrogens with one attached hydrogen (secondary N) is 1. The second-order valence-electron chi connectivity index (χ2n) is 2.40. The Morgan fingerprint density at radius 2 is 1.86 bits per heavy atom. The number of hydrogen-bond donors (Lipinski definition) is 5. The van der Waals surface area contributed by atoms with Gasteiger partial charge in [-0.2, -0.15) is 0 Å². The number of guanidine groups is 2. The molecule has 8 heteroatoms. The van der Waals surface area contributed by atoms with Gasteiger partial charge in [-0.1, -0.05) is 21.6 Å². The maximum Gasteiger partial charge on any atom is 0.434 e. The Balaban J connectivity index is 3.15. The first-order chi connectivity index (χ1) is 6.63. The lowest BCUT2D eigenvalue weighted by atomic mass is 10.8. The highest BCUT2D eigenvalue weighted by Crippen LogP contribution is 2.19. The summed E-state index contributed by atoms with van der Waals surface area (Å²) in [6.07, 6.45) is 0. The fraction of sp³-hybridized carbons (Fsp3) is 0.667. The third-order valence-electron chi connectivity index (χ3n) is 1.09. The minimum absolute atomic E-state index is 0.150. The largest absolute Gasteiger partial charge is 0.434 e. The predicted molar refractivity (Wildman–Crippen MR) is 63.5 cm³/mol. The van der Waals surface area contributed by atoms with E-state index in [1.54, 1.807) is 21.6 Å². The van der Waals surface area contributed by atoms with Crippen molar-refractivity contribution in [1.29, 1.82) is 0 Å². The van der Waals surface area contributed by atoms with Gasteiger partial charge in [0.25, 0.3) is 0 Å². The molecule has 0 unspecified atom stereocenters. The van der Waals surface area contributed by atoms with Gasteiger partial charge in [-0.3, -0.25) is 10.7 Å².